The number of anilines is 1. The number of alkyl carbamates (subject to hydrolysis) is 1. The Balaban J connectivity index is 1.43. The Morgan fingerprint density at radius 1 is 0.912 bits per heavy atom. The van der Waals surface area contributed by atoms with Crippen LogP contribution in [0.2, 0.25) is 0 Å². The maximum atomic E-state index is 13.9. The summed E-state index contributed by atoms with van der Waals surface area (Å²) < 4.78 is 19.4. The van der Waals surface area contributed by atoms with Crippen molar-refractivity contribution in [1.82, 2.24) is 5.32 Å². The Kier molecular flexibility index (Phi) is 6.87. The van der Waals surface area contributed by atoms with Gasteiger partial charge in [0.25, 0.3) is 0 Å². The molecule has 0 saturated carbocycles. The number of benzene rings is 3. The lowest BCUT2D eigenvalue weighted by Gasteiger charge is -2.19. The number of rotatable bonds is 8. The van der Waals surface area contributed by atoms with Crippen molar-refractivity contribution in [3.63, 3.8) is 0 Å². The molecule has 34 heavy (non-hydrogen) atoms. The van der Waals surface area contributed by atoms with Gasteiger partial charge in [-0.2, -0.15) is 0 Å². The minimum Gasteiger partial charge on any atom is -0.481 e. The summed E-state index contributed by atoms with van der Waals surface area (Å²) in [7, 11) is 0. The van der Waals surface area contributed by atoms with Crippen LogP contribution in [0.15, 0.2) is 72.8 Å². The van der Waals surface area contributed by atoms with E-state index in [1.807, 2.05) is 48.5 Å². The number of halogens is 1. The van der Waals surface area contributed by atoms with Crippen LogP contribution in [0.1, 0.15) is 29.9 Å². The molecule has 4 rings (SSSR count). The first-order valence-corrected chi connectivity index (χ1v) is 10.8. The molecule has 0 saturated heterocycles. The molecule has 1 aliphatic rings. The first-order chi connectivity index (χ1) is 16.4. The minimum atomic E-state index is -1.22. The third-order valence-corrected chi connectivity index (χ3v) is 5.73. The molecule has 0 radical (unpaired) electrons. The number of amides is 2. The minimum absolute atomic E-state index is 0.0421. The number of hydrogen-bond donors (Lipinski definition) is 3. The summed E-state index contributed by atoms with van der Waals surface area (Å²) in [5.41, 5.74) is 4.17. The van der Waals surface area contributed by atoms with Crippen LogP contribution in [0.5, 0.6) is 0 Å². The van der Waals surface area contributed by atoms with Crippen LogP contribution in [0.4, 0.5) is 14.9 Å². The highest BCUT2D eigenvalue weighted by Gasteiger charge is 2.30. The third kappa shape index (κ3) is 5.06. The van der Waals surface area contributed by atoms with Crippen LogP contribution in [0.3, 0.4) is 0 Å². The number of aliphatic carboxylic acids is 1. The smallest absolute Gasteiger partial charge is 0.407 e. The van der Waals surface area contributed by atoms with Gasteiger partial charge in [0.15, 0.2) is 0 Å². The SMILES string of the molecule is O=C(O)CCC(NC(=O)OCC1c2ccccc2-c2ccccc21)C(=O)Nc1ccccc1F. The number of para-hydroxylation sites is 1. The average Bonchev–Trinajstić information content (AvgIpc) is 3.15. The Hall–Kier alpha value is -4.20. The average molecular weight is 462 g/mol. The van der Waals surface area contributed by atoms with Gasteiger partial charge < -0.3 is 20.5 Å². The molecule has 1 aliphatic carbocycles. The molecule has 3 aromatic carbocycles. The van der Waals surface area contributed by atoms with Gasteiger partial charge in [0, 0.05) is 12.3 Å². The molecule has 0 fully saturated rings. The van der Waals surface area contributed by atoms with Crippen LogP contribution in [-0.4, -0.2) is 35.7 Å². The maximum Gasteiger partial charge on any atom is 0.407 e. The van der Waals surface area contributed by atoms with Crippen LogP contribution in [0, 0.1) is 5.82 Å². The topological polar surface area (TPSA) is 105 Å². The van der Waals surface area contributed by atoms with Crippen molar-refractivity contribution in [2.75, 3.05) is 11.9 Å². The summed E-state index contributed by atoms with van der Waals surface area (Å²) in [6, 6.07) is 20.1. The van der Waals surface area contributed by atoms with E-state index in [0.29, 0.717) is 0 Å². The number of hydrogen-bond acceptors (Lipinski definition) is 4. The van der Waals surface area contributed by atoms with E-state index in [0.717, 1.165) is 22.3 Å². The first-order valence-electron chi connectivity index (χ1n) is 10.8. The summed E-state index contributed by atoms with van der Waals surface area (Å²) in [6.45, 7) is 0.0421. The molecule has 8 heteroatoms. The summed E-state index contributed by atoms with van der Waals surface area (Å²) in [5, 5.41) is 13.8. The summed E-state index contributed by atoms with van der Waals surface area (Å²) in [5.74, 6) is -2.67. The van der Waals surface area contributed by atoms with Gasteiger partial charge in [-0.3, -0.25) is 9.59 Å². The van der Waals surface area contributed by atoms with E-state index in [-0.39, 0.29) is 31.1 Å². The molecule has 2 amide bonds. The van der Waals surface area contributed by atoms with Crippen LogP contribution < -0.4 is 10.6 Å². The second-order valence-corrected chi connectivity index (χ2v) is 7.92. The zero-order chi connectivity index (χ0) is 24.1. The summed E-state index contributed by atoms with van der Waals surface area (Å²) in [6.07, 6.45) is -1.40. The highest BCUT2D eigenvalue weighted by molar-refractivity contribution is 5.96. The van der Waals surface area contributed by atoms with Gasteiger partial charge in [-0.05, 0) is 40.8 Å². The maximum absolute atomic E-state index is 13.9. The quantitative estimate of drug-likeness (QED) is 0.456. The normalized spacial score (nSPS) is 12.9. The second kappa shape index (κ2) is 10.2. The number of carbonyl (C=O) groups is 3. The third-order valence-electron chi connectivity index (χ3n) is 5.73. The number of carboxylic acid groups (broad SMARTS) is 1. The van der Waals surface area contributed by atoms with E-state index in [1.165, 1.54) is 18.2 Å². The Morgan fingerprint density at radius 2 is 1.50 bits per heavy atom. The lowest BCUT2D eigenvalue weighted by molar-refractivity contribution is -0.137. The van der Waals surface area contributed by atoms with Crippen molar-refractivity contribution in [3.8, 4) is 11.1 Å². The van der Waals surface area contributed by atoms with Gasteiger partial charge in [-0.1, -0.05) is 60.7 Å². The fourth-order valence-corrected chi connectivity index (χ4v) is 4.10. The van der Waals surface area contributed by atoms with Crippen LogP contribution >= 0.6 is 0 Å². The highest BCUT2D eigenvalue weighted by Crippen LogP contribution is 2.44. The summed E-state index contributed by atoms with van der Waals surface area (Å²) >= 11 is 0. The van der Waals surface area contributed by atoms with Crippen LogP contribution in [-0.2, 0) is 14.3 Å². The van der Waals surface area contributed by atoms with Gasteiger partial charge in [-0.15, -0.1) is 0 Å². The zero-order valence-electron chi connectivity index (χ0n) is 18.2. The molecule has 0 spiro atoms. The molecular weight excluding hydrogens is 439 g/mol. The molecule has 3 N–H and O–H groups in total. The van der Waals surface area contributed by atoms with Crippen molar-refractivity contribution < 1.29 is 28.6 Å². The number of carbonyl (C=O) groups excluding carboxylic acids is 2. The van der Waals surface area contributed by atoms with Crippen molar-refractivity contribution in [3.05, 3.63) is 89.7 Å². The predicted octanol–water partition coefficient (Wildman–Crippen LogP) is 4.54. The highest BCUT2D eigenvalue weighted by atomic mass is 19.1. The number of carboxylic acids is 1. The molecule has 3 aromatic rings. The number of nitrogens with one attached hydrogen (secondary N) is 2. The van der Waals surface area contributed by atoms with E-state index in [2.05, 4.69) is 10.6 Å². The van der Waals surface area contributed by atoms with E-state index >= 15 is 0 Å². The van der Waals surface area contributed by atoms with Gasteiger partial charge in [0.05, 0.1) is 5.69 Å². The largest absolute Gasteiger partial charge is 0.481 e. The Morgan fingerprint density at radius 3 is 2.12 bits per heavy atom. The molecule has 174 valence electrons. The molecule has 0 aromatic heterocycles. The fraction of sp³-hybridized carbons (Fsp3) is 0.192. The molecular formula is C26H23FN2O5. The fourth-order valence-electron chi connectivity index (χ4n) is 4.10. The lowest BCUT2D eigenvalue weighted by atomic mass is 9.98. The Labute approximate surface area is 195 Å². The van der Waals surface area contributed by atoms with E-state index < -0.39 is 29.8 Å². The number of fused-ring (bicyclic) bond motifs is 3. The first kappa shape index (κ1) is 23.0. The summed E-state index contributed by atoms with van der Waals surface area (Å²) in [4.78, 5) is 36.2. The molecule has 7 nitrogen and oxygen atoms in total. The molecule has 0 aliphatic heterocycles. The van der Waals surface area contributed by atoms with E-state index in [1.54, 1.807) is 6.07 Å². The molecule has 1 atom stereocenters. The van der Waals surface area contributed by atoms with Gasteiger partial charge in [-0.25, -0.2) is 9.18 Å². The van der Waals surface area contributed by atoms with Gasteiger partial charge in [0.2, 0.25) is 5.91 Å². The molecule has 1 unspecified atom stereocenters. The second-order valence-electron chi connectivity index (χ2n) is 7.92. The standard InChI is InChI=1S/C26H23FN2O5/c27-21-11-5-6-12-22(21)28-25(32)23(13-14-24(30)31)29-26(33)34-15-20-18-9-3-1-7-16(18)17-8-2-4-10-19(17)20/h1-12,20,23H,13-15H2,(H,28,32)(H,29,33)(H,30,31). The zero-order valence-corrected chi connectivity index (χ0v) is 18.2. The lowest BCUT2D eigenvalue weighted by Crippen LogP contribution is -2.44. The van der Waals surface area contributed by atoms with E-state index in [9.17, 15) is 18.8 Å². The van der Waals surface area contributed by atoms with Crippen LogP contribution in [0.25, 0.3) is 11.1 Å². The van der Waals surface area contributed by atoms with Crippen molar-refractivity contribution >= 4 is 23.7 Å². The Bertz CT molecular complexity index is 1180. The van der Waals surface area contributed by atoms with Crippen molar-refractivity contribution in [2.45, 2.75) is 24.8 Å². The van der Waals surface area contributed by atoms with E-state index in [4.69, 9.17) is 9.84 Å². The predicted molar refractivity (Wildman–Crippen MR) is 124 cm³/mol. The molecule has 0 heterocycles. The van der Waals surface area contributed by atoms with Crippen molar-refractivity contribution in [1.29, 1.82) is 0 Å². The van der Waals surface area contributed by atoms with Crippen molar-refractivity contribution in [2.24, 2.45) is 0 Å². The van der Waals surface area contributed by atoms with Gasteiger partial charge in [0.1, 0.15) is 18.5 Å². The monoisotopic (exact) mass is 462 g/mol. The number of ether oxygens (including phenoxy) is 1. The van der Waals surface area contributed by atoms with Gasteiger partial charge >= 0.3 is 12.1 Å². The molecule has 0 bridgehead atoms.